The van der Waals surface area contributed by atoms with Gasteiger partial charge in [0.15, 0.2) is 0 Å². The number of aliphatic hydroxyl groups excluding tert-OH is 1. The molecule has 2 aromatic rings. The Kier molecular flexibility index (Phi) is 6.40. The van der Waals surface area contributed by atoms with Gasteiger partial charge in [-0.05, 0) is 31.2 Å². The zero-order chi connectivity index (χ0) is 20.1. The fraction of sp³-hybridized carbons (Fsp3) is 0.409. The predicted molar refractivity (Wildman–Crippen MR) is 109 cm³/mol. The van der Waals surface area contributed by atoms with E-state index < -0.39 is 6.10 Å². The van der Waals surface area contributed by atoms with Crippen molar-refractivity contribution in [3.8, 4) is 17.6 Å². The lowest BCUT2D eigenvalue weighted by Gasteiger charge is -2.27. The van der Waals surface area contributed by atoms with Crippen molar-refractivity contribution in [2.75, 3.05) is 45.8 Å². The third kappa shape index (κ3) is 4.56. The van der Waals surface area contributed by atoms with Crippen LogP contribution >= 0.6 is 0 Å². The first kappa shape index (κ1) is 20.0. The van der Waals surface area contributed by atoms with Gasteiger partial charge < -0.3 is 19.5 Å². The summed E-state index contributed by atoms with van der Waals surface area (Å²) in [7, 11) is 5.36. The van der Waals surface area contributed by atoms with E-state index in [9.17, 15) is 5.11 Å². The molecule has 1 heterocycles. The molecule has 148 valence electrons. The fourth-order valence-corrected chi connectivity index (χ4v) is 3.62. The van der Waals surface area contributed by atoms with E-state index in [4.69, 9.17) is 14.7 Å². The number of likely N-dealkylation sites (N-methyl/N-ethyl adjacent to an activating group) is 1. The summed E-state index contributed by atoms with van der Waals surface area (Å²) >= 11 is 0. The van der Waals surface area contributed by atoms with Crippen LogP contribution in [0.25, 0.3) is 0 Å². The largest absolute Gasteiger partial charge is 0.497 e. The van der Waals surface area contributed by atoms with Crippen LogP contribution in [0.1, 0.15) is 23.7 Å². The Morgan fingerprint density at radius 2 is 1.82 bits per heavy atom. The highest BCUT2D eigenvalue weighted by molar-refractivity contribution is 5.56. The summed E-state index contributed by atoms with van der Waals surface area (Å²) in [6, 6.07) is 15.5. The maximum atomic E-state index is 10.6. The van der Waals surface area contributed by atoms with Gasteiger partial charge in [-0.25, -0.2) is 0 Å². The standard InChI is InChI=1S/C22H27N3O3/c1-24(15-22(26)17-6-4-16(13-23)5-7-17)18-8-9-25(14-18)19-10-20(27-2)12-21(11-19)28-3/h4-7,10-12,18,22,26H,8-9,14-15H2,1-3H3/t18-,22+/m0/s1. The molecule has 0 aromatic heterocycles. The molecular weight excluding hydrogens is 354 g/mol. The van der Waals surface area contributed by atoms with E-state index in [-0.39, 0.29) is 0 Å². The molecular formula is C22H27N3O3. The lowest BCUT2D eigenvalue weighted by molar-refractivity contribution is 0.109. The van der Waals surface area contributed by atoms with E-state index in [0.29, 0.717) is 18.2 Å². The number of ether oxygens (including phenoxy) is 2. The number of anilines is 1. The van der Waals surface area contributed by atoms with Crippen molar-refractivity contribution in [2.24, 2.45) is 0 Å². The summed E-state index contributed by atoms with van der Waals surface area (Å²) < 4.78 is 10.8. The quantitative estimate of drug-likeness (QED) is 0.795. The Morgan fingerprint density at radius 3 is 2.39 bits per heavy atom. The molecule has 3 rings (SSSR count). The molecule has 0 amide bonds. The molecule has 6 nitrogen and oxygen atoms in total. The Balaban J connectivity index is 1.62. The summed E-state index contributed by atoms with van der Waals surface area (Å²) in [6.07, 6.45) is 0.444. The average molecular weight is 381 g/mol. The van der Waals surface area contributed by atoms with Crippen molar-refractivity contribution in [1.29, 1.82) is 5.26 Å². The van der Waals surface area contributed by atoms with E-state index in [1.165, 1.54) is 0 Å². The van der Waals surface area contributed by atoms with Gasteiger partial charge in [0, 0.05) is 49.6 Å². The Hall–Kier alpha value is -2.75. The summed E-state index contributed by atoms with van der Waals surface area (Å²) in [4.78, 5) is 4.53. The Labute approximate surface area is 166 Å². The lowest BCUT2D eigenvalue weighted by Crippen LogP contribution is -2.37. The fourth-order valence-electron chi connectivity index (χ4n) is 3.62. The number of nitrogens with zero attached hydrogens (tertiary/aromatic N) is 3. The van der Waals surface area contributed by atoms with E-state index in [2.05, 4.69) is 15.9 Å². The number of rotatable bonds is 7. The molecule has 1 fully saturated rings. The highest BCUT2D eigenvalue weighted by Gasteiger charge is 2.27. The van der Waals surface area contributed by atoms with Crippen LogP contribution in [-0.2, 0) is 0 Å². The molecule has 0 aliphatic carbocycles. The van der Waals surface area contributed by atoms with E-state index >= 15 is 0 Å². The molecule has 2 atom stereocenters. The van der Waals surface area contributed by atoms with Gasteiger partial charge in [-0.3, -0.25) is 4.90 Å². The third-order valence-electron chi connectivity index (χ3n) is 5.37. The number of benzene rings is 2. The van der Waals surface area contributed by atoms with E-state index in [1.54, 1.807) is 26.4 Å². The van der Waals surface area contributed by atoms with Crippen molar-refractivity contribution >= 4 is 5.69 Å². The molecule has 0 spiro atoms. The average Bonchev–Trinajstić information content (AvgIpc) is 3.23. The number of methoxy groups -OCH3 is 2. The van der Waals surface area contributed by atoms with Crippen LogP contribution in [0.2, 0.25) is 0 Å². The number of aliphatic hydroxyl groups is 1. The summed E-state index contributed by atoms with van der Waals surface area (Å²) in [6.45, 7) is 2.37. The summed E-state index contributed by atoms with van der Waals surface area (Å²) in [5, 5.41) is 19.5. The molecule has 0 radical (unpaired) electrons. The van der Waals surface area contributed by atoms with Gasteiger partial charge in [0.2, 0.25) is 0 Å². The topological polar surface area (TPSA) is 69.0 Å². The highest BCUT2D eigenvalue weighted by Crippen LogP contribution is 2.31. The van der Waals surface area contributed by atoms with Gasteiger partial charge in [0.05, 0.1) is 32.0 Å². The van der Waals surface area contributed by atoms with Crippen LogP contribution in [0.3, 0.4) is 0 Å². The van der Waals surface area contributed by atoms with Gasteiger partial charge in [-0.15, -0.1) is 0 Å². The first-order chi connectivity index (χ1) is 13.5. The molecule has 28 heavy (non-hydrogen) atoms. The zero-order valence-electron chi connectivity index (χ0n) is 16.6. The van der Waals surface area contributed by atoms with Crippen LogP contribution in [0.5, 0.6) is 11.5 Å². The van der Waals surface area contributed by atoms with Gasteiger partial charge in [-0.1, -0.05) is 12.1 Å². The van der Waals surface area contributed by atoms with Crippen molar-refractivity contribution in [2.45, 2.75) is 18.6 Å². The van der Waals surface area contributed by atoms with Crippen molar-refractivity contribution in [3.05, 3.63) is 53.6 Å². The Bertz CT molecular complexity index is 810. The van der Waals surface area contributed by atoms with Gasteiger partial charge >= 0.3 is 0 Å². The number of hydrogen-bond donors (Lipinski definition) is 1. The molecule has 0 saturated carbocycles. The molecule has 0 bridgehead atoms. The number of nitriles is 1. The minimum Gasteiger partial charge on any atom is -0.497 e. The molecule has 1 aliphatic heterocycles. The highest BCUT2D eigenvalue weighted by atomic mass is 16.5. The predicted octanol–water partition coefficient (Wildman–Crippen LogP) is 2.82. The maximum Gasteiger partial charge on any atom is 0.124 e. The minimum atomic E-state index is -0.580. The van der Waals surface area contributed by atoms with E-state index in [1.807, 2.05) is 37.4 Å². The van der Waals surface area contributed by atoms with Crippen LogP contribution in [0.15, 0.2) is 42.5 Å². The van der Waals surface area contributed by atoms with Crippen LogP contribution in [-0.4, -0.2) is 56.9 Å². The van der Waals surface area contributed by atoms with E-state index in [0.717, 1.165) is 42.3 Å². The molecule has 0 unspecified atom stereocenters. The van der Waals surface area contributed by atoms with Crippen molar-refractivity contribution in [3.63, 3.8) is 0 Å². The lowest BCUT2D eigenvalue weighted by atomic mass is 10.1. The molecule has 6 heteroatoms. The second-order valence-corrected chi connectivity index (χ2v) is 7.15. The van der Waals surface area contributed by atoms with Crippen LogP contribution < -0.4 is 14.4 Å². The minimum absolute atomic E-state index is 0.352. The van der Waals surface area contributed by atoms with Crippen molar-refractivity contribution in [1.82, 2.24) is 4.90 Å². The maximum absolute atomic E-state index is 10.6. The van der Waals surface area contributed by atoms with Crippen LogP contribution in [0, 0.1) is 11.3 Å². The smallest absolute Gasteiger partial charge is 0.124 e. The molecule has 2 aromatic carbocycles. The zero-order valence-corrected chi connectivity index (χ0v) is 16.6. The molecule has 1 N–H and O–H groups in total. The normalized spacial score (nSPS) is 17.4. The summed E-state index contributed by atoms with van der Waals surface area (Å²) in [5.74, 6) is 1.56. The second kappa shape index (κ2) is 8.96. The number of hydrogen-bond acceptors (Lipinski definition) is 6. The van der Waals surface area contributed by atoms with Gasteiger partial charge in [-0.2, -0.15) is 5.26 Å². The third-order valence-corrected chi connectivity index (χ3v) is 5.37. The van der Waals surface area contributed by atoms with Gasteiger partial charge in [0.25, 0.3) is 0 Å². The first-order valence-electron chi connectivity index (χ1n) is 9.40. The monoisotopic (exact) mass is 381 g/mol. The van der Waals surface area contributed by atoms with Crippen molar-refractivity contribution < 1.29 is 14.6 Å². The van der Waals surface area contributed by atoms with Crippen LogP contribution in [0.4, 0.5) is 5.69 Å². The first-order valence-corrected chi connectivity index (χ1v) is 9.40. The second-order valence-electron chi connectivity index (χ2n) is 7.15. The molecule has 1 aliphatic rings. The summed E-state index contributed by atoms with van der Waals surface area (Å²) in [5.41, 5.74) is 2.52. The SMILES string of the molecule is COc1cc(OC)cc(N2CC[C@H](N(C)C[C@@H](O)c3ccc(C#N)cc3)C2)c1. The Morgan fingerprint density at radius 1 is 1.18 bits per heavy atom. The van der Waals surface area contributed by atoms with Gasteiger partial charge in [0.1, 0.15) is 11.5 Å². The molecule has 1 saturated heterocycles.